The molecule has 1 atom stereocenters. The van der Waals surface area contributed by atoms with E-state index in [1.807, 2.05) is 0 Å². The minimum atomic E-state index is -4.26. The van der Waals surface area contributed by atoms with E-state index >= 15 is 0 Å². The maximum Gasteiger partial charge on any atom is 0.264 e. The van der Waals surface area contributed by atoms with Crippen LogP contribution in [0.15, 0.2) is 70.0 Å². The summed E-state index contributed by atoms with van der Waals surface area (Å²) in [7, 11) is -4.26. The van der Waals surface area contributed by atoms with Crippen molar-refractivity contribution in [3.05, 3.63) is 87.9 Å². The first-order valence-electron chi connectivity index (χ1n) is 10.1. The molecule has 0 fully saturated rings. The quantitative estimate of drug-likeness (QED) is 0.460. The third kappa shape index (κ3) is 3.64. The first kappa shape index (κ1) is 22.5. The van der Waals surface area contributed by atoms with Crippen LogP contribution in [0, 0.1) is 11.6 Å². The van der Waals surface area contributed by atoms with E-state index in [-0.39, 0.29) is 45.0 Å². The van der Waals surface area contributed by atoms with Gasteiger partial charge in [0.05, 0.1) is 34.8 Å². The average Bonchev–Trinajstić information content (AvgIpc) is 3.04. The predicted octanol–water partition coefficient (Wildman–Crippen LogP) is 3.98. The molecule has 0 radical (unpaired) electrons. The molecule has 3 aromatic rings. The Bertz CT molecular complexity index is 1410. The summed E-state index contributed by atoms with van der Waals surface area (Å²) in [6.07, 6.45) is -1.05. The largest absolute Gasteiger partial charge is 0.481 e. The highest BCUT2D eigenvalue weighted by Gasteiger charge is 2.41. The van der Waals surface area contributed by atoms with Crippen LogP contribution in [0.1, 0.15) is 20.7 Å². The molecule has 3 aromatic carbocycles. The van der Waals surface area contributed by atoms with Gasteiger partial charge < -0.3 is 4.74 Å². The maximum absolute atomic E-state index is 14.8. The number of carbonyl (C=O) groups excluding carboxylic acids is 2. The van der Waals surface area contributed by atoms with Gasteiger partial charge in [0.15, 0.2) is 11.6 Å². The summed E-state index contributed by atoms with van der Waals surface area (Å²) in [6, 6.07) is 13.0. The average molecular weight is 549 g/mol. The van der Waals surface area contributed by atoms with Crippen LogP contribution in [0.2, 0.25) is 0 Å². The fraction of sp³-hybridized carbons (Fsp3) is 0.130. The van der Waals surface area contributed by atoms with Crippen molar-refractivity contribution in [1.82, 2.24) is 4.90 Å². The van der Waals surface area contributed by atoms with Crippen molar-refractivity contribution in [2.24, 2.45) is 0 Å². The fourth-order valence-electron chi connectivity index (χ4n) is 4.00. The SMILES string of the molecule is O=C1c2ccccc2C(=O)N1CC1CN(S(=O)(=O)c2ccc(F)cc2)c2cc(Br)cc(F)c2O1. The molecule has 0 spiro atoms. The van der Waals surface area contributed by atoms with Gasteiger partial charge in [-0.2, -0.15) is 0 Å². The van der Waals surface area contributed by atoms with Crippen LogP contribution in [0.5, 0.6) is 5.75 Å². The van der Waals surface area contributed by atoms with Crippen LogP contribution in [0.3, 0.4) is 0 Å². The molecule has 1 unspecified atom stereocenters. The van der Waals surface area contributed by atoms with E-state index in [2.05, 4.69) is 15.9 Å². The molecule has 2 aliphatic heterocycles. The number of nitrogens with zero attached hydrogens (tertiary/aromatic N) is 2. The number of sulfonamides is 1. The zero-order valence-electron chi connectivity index (χ0n) is 17.2. The normalized spacial score (nSPS) is 17.4. The zero-order chi connectivity index (χ0) is 24.2. The van der Waals surface area contributed by atoms with Gasteiger partial charge in [-0.3, -0.25) is 18.8 Å². The van der Waals surface area contributed by atoms with Crippen molar-refractivity contribution in [1.29, 1.82) is 0 Å². The smallest absolute Gasteiger partial charge is 0.264 e. The summed E-state index contributed by atoms with van der Waals surface area (Å²) in [6.45, 7) is -0.604. The molecule has 0 aliphatic carbocycles. The fourth-order valence-corrected chi connectivity index (χ4v) is 5.91. The summed E-state index contributed by atoms with van der Waals surface area (Å²) >= 11 is 3.16. The number of hydrogen-bond donors (Lipinski definition) is 0. The molecule has 2 amide bonds. The highest BCUT2D eigenvalue weighted by molar-refractivity contribution is 9.10. The van der Waals surface area contributed by atoms with Gasteiger partial charge in [-0.1, -0.05) is 28.1 Å². The molecule has 0 saturated carbocycles. The van der Waals surface area contributed by atoms with Crippen LogP contribution >= 0.6 is 15.9 Å². The topological polar surface area (TPSA) is 84.0 Å². The van der Waals surface area contributed by atoms with Crippen molar-refractivity contribution in [3.8, 4) is 5.75 Å². The second-order valence-electron chi connectivity index (χ2n) is 7.73. The molecule has 0 N–H and O–H groups in total. The Labute approximate surface area is 201 Å². The van der Waals surface area contributed by atoms with Gasteiger partial charge in [0, 0.05) is 4.47 Å². The standard InChI is InChI=1S/C23H15BrF2N2O5S/c24-13-9-19(26)21-20(10-13)28(34(31,32)16-7-5-14(25)6-8-16)12-15(33-21)11-27-22(29)17-3-1-2-4-18(17)23(27)30/h1-10,15H,11-12H2. The zero-order valence-corrected chi connectivity index (χ0v) is 19.6. The van der Waals surface area contributed by atoms with Gasteiger partial charge in [0.1, 0.15) is 11.9 Å². The Morgan fingerprint density at radius 2 is 1.59 bits per heavy atom. The third-order valence-corrected chi connectivity index (χ3v) is 7.83. The van der Waals surface area contributed by atoms with Crippen LogP contribution < -0.4 is 9.04 Å². The van der Waals surface area contributed by atoms with Crippen LogP contribution in [-0.2, 0) is 10.0 Å². The summed E-state index contributed by atoms with van der Waals surface area (Å²) < 4.78 is 62.1. The van der Waals surface area contributed by atoms with Crippen LogP contribution in [0.4, 0.5) is 14.5 Å². The van der Waals surface area contributed by atoms with E-state index in [9.17, 15) is 26.8 Å². The van der Waals surface area contributed by atoms with E-state index in [1.54, 1.807) is 12.1 Å². The first-order valence-corrected chi connectivity index (χ1v) is 12.3. The maximum atomic E-state index is 14.8. The van der Waals surface area contributed by atoms with Gasteiger partial charge in [-0.05, 0) is 48.5 Å². The number of ether oxygens (including phenoxy) is 1. The molecule has 11 heteroatoms. The molecule has 7 nitrogen and oxygen atoms in total. The minimum Gasteiger partial charge on any atom is -0.481 e. The lowest BCUT2D eigenvalue weighted by molar-refractivity contribution is 0.0570. The Balaban J connectivity index is 1.53. The van der Waals surface area contributed by atoms with Crippen molar-refractivity contribution < 1.29 is 31.5 Å². The van der Waals surface area contributed by atoms with E-state index in [1.165, 1.54) is 18.2 Å². The molecular formula is C23H15BrF2N2O5S. The van der Waals surface area contributed by atoms with Crippen LogP contribution in [0.25, 0.3) is 0 Å². The Hall–Kier alpha value is -3.31. The Morgan fingerprint density at radius 3 is 2.21 bits per heavy atom. The molecule has 174 valence electrons. The predicted molar refractivity (Wildman–Crippen MR) is 121 cm³/mol. The van der Waals surface area contributed by atoms with E-state index in [0.29, 0.717) is 0 Å². The molecule has 0 bridgehead atoms. The summed E-state index contributed by atoms with van der Waals surface area (Å²) in [5, 5.41) is 0. The lowest BCUT2D eigenvalue weighted by Crippen LogP contribution is -2.49. The van der Waals surface area contributed by atoms with Gasteiger partial charge in [-0.15, -0.1) is 0 Å². The number of amides is 2. The first-order chi connectivity index (χ1) is 16.2. The Morgan fingerprint density at radius 1 is 0.971 bits per heavy atom. The Kier molecular flexibility index (Phi) is 5.40. The molecule has 0 aromatic heterocycles. The molecule has 5 rings (SSSR count). The second kappa shape index (κ2) is 8.17. The highest BCUT2D eigenvalue weighted by Crippen LogP contribution is 2.41. The number of hydrogen-bond acceptors (Lipinski definition) is 5. The van der Waals surface area contributed by atoms with Crippen molar-refractivity contribution in [3.63, 3.8) is 0 Å². The summed E-state index contributed by atoms with van der Waals surface area (Å²) in [4.78, 5) is 26.3. The van der Waals surface area contributed by atoms with Crippen molar-refractivity contribution in [2.75, 3.05) is 17.4 Å². The van der Waals surface area contributed by atoms with E-state index in [4.69, 9.17) is 4.74 Å². The van der Waals surface area contributed by atoms with Gasteiger partial charge in [0.25, 0.3) is 21.8 Å². The molecule has 2 heterocycles. The lowest BCUT2D eigenvalue weighted by atomic mass is 10.1. The number of halogens is 3. The van der Waals surface area contributed by atoms with Gasteiger partial charge >= 0.3 is 0 Å². The minimum absolute atomic E-state index is 0.0604. The second-order valence-corrected chi connectivity index (χ2v) is 10.5. The van der Waals surface area contributed by atoms with E-state index < -0.39 is 39.6 Å². The van der Waals surface area contributed by atoms with Crippen LogP contribution in [-0.4, -0.2) is 44.3 Å². The molecule has 2 aliphatic rings. The molecule has 34 heavy (non-hydrogen) atoms. The summed E-state index contributed by atoms with van der Waals surface area (Å²) in [5.41, 5.74) is 0.402. The monoisotopic (exact) mass is 548 g/mol. The van der Waals surface area contributed by atoms with Crippen molar-refractivity contribution in [2.45, 2.75) is 11.0 Å². The highest BCUT2D eigenvalue weighted by atomic mass is 79.9. The van der Waals surface area contributed by atoms with E-state index in [0.717, 1.165) is 39.5 Å². The van der Waals surface area contributed by atoms with Crippen molar-refractivity contribution >= 4 is 43.5 Å². The van der Waals surface area contributed by atoms with Gasteiger partial charge in [0.2, 0.25) is 0 Å². The number of carbonyl (C=O) groups is 2. The summed E-state index contributed by atoms with van der Waals surface area (Å²) in [5.74, 6) is -2.85. The third-order valence-electron chi connectivity index (χ3n) is 5.58. The number of rotatable bonds is 4. The lowest BCUT2D eigenvalue weighted by Gasteiger charge is -2.36. The number of anilines is 1. The molecular weight excluding hydrogens is 534 g/mol. The van der Waals surface area contributed by atoms with Gasteiger partial charge in [-0.25, -0.2) is 17.2 Å². The number of fused-ring (bicyclic) bond motifs is 2. The molecule has 0 saturated heterocycles. The number of benzene rings is 3. The number of imide groups is 1.